The standard InChI is InChI=1S/C18H28FNO/c1-3-11-20-13-18(16-9-4-5-10-17(16)19)21-15-8-6-7-14(2)12-15/h4-5,9-10,14-15,18,20H,3,6-8,11-13H2,1-2H3. The van der Waals surface area contributed by atoms with Gasteiger partial charge in [0.25, 0.3) is 0 Å². The number of benzene rings is 1. The van der Waals surface area contributed by atoms with Crippen LogP contribution in [0.2, 0.25) is 0 Å². The van der Waals surface area contributed by atoms with Crippen molar-refractivity contribution in [2.24, 2.45) is 5.92 Å². The average Bonchev–Trinajstić information content (AvgIpc) is 2.47. The van der Waals surface area contributed by atoms with Gasteiger partial charge in [0.1, 0.15) is 5.82 Å². The topological polar surface area (TPSA) is 21.3 Å². The molecule has 1 N–H and O–H groups in total. The van der Waals surface area contributed by atoms with Gasteiger partial charge in [-0.25, -0.2) is 4.39 Å². The fraction of sp³-hybridized carbons (Fsp3) is 0.667. The van der Waals surface area contributed by atoms with Crippen molar-refractivity contribution in [2.75, 3.05) is 13.1 Å². The van der Waals surface area contributed by atoms with Crippen LogP contribution in [-0.2, 0) is 4.74 Å². The normalized spacial score (nSPS) is 24.0. The van der Waals surface area contributed by atoms with Crippen molar-refractivity contribution in [1.82, 2.24) is 5.32 Å². The summed E-state index contributed by atoms with van der Waals surface area (Å²) >= 11 is 0. The van der Waals surface area contributed by atoms with Gasteiger partial charge in [-0.3, -0.25) is 0 Å². The summed E-state index contributed by atoms with van der Waals surface area (Å²) in [5.74, 6) is 0.554. The van der Waals surface area contributed by atoms with Crippen LogP contribution >= 0.6 is 0 Å². The third kappa shape index (κ3) is 5.08. The summed E-state index contributed by atoms with van der Waals surface area (Å²) in [7, 11) is 0. The van der Waals surface area contributed by atoms with E-state index in [1.165, 1.54) is 18.9 Å². The molecule has 1 aromatic rings. The lowest BCUT2D eigenvalue weighted by Gasteiger charge is -2.31. The molecule has 0 saturated heterocycles. The predicted molar refractivity (Wildman–Crippen MR) is 84.8 cm³/mol. The van der Waals surface area contributed by atoms with Gasteiger partial charge in [-0.15, -0.1) is 0 Å². The SMILES string of the molecule is CCCNCC(OC1CCCC(C)C1)c1ccccc1F. The maximum Gasteiger partial charge on any atom is 0.129 e. The van der Waals surface area contributed by atoms with Crippen LogP contribution in [0.4, 0.5) is 4.39 Å². The van der Waals surface area contributed by atoms with Gasteiger partial charge in [-0.05, 0) is 37.8 Å². The lowest BCUT2D eigenvalue weighted by molar-refractivity contribution is -0.0407. The van der Waals surface area contributed by atoms with Crippen LogP contribution in [0.15, 0.2) is 24.3 Å². The molecule has 1 aliphatic rings. The Balaban J connectivity index is 2.03. The fourth-order valence-electron chi connectivity index (χ4n) is 3.11. The van der Waals surface area contributed by atoms with Gasteiger partial charge in [0.2, 0.25) is 0 Å². The average molecular weight is 293 g/mol. The minimum Gasteiger partial charge on any atom is -0.369 e. The van der Waals surface area contributed by atoms with Gasteiger partial charge in [-0.1, -0.05) is 44.9 Å². The van der Waals surface area contributed by atoms with E-state index >= 15 is 0 Å². The number of ether oxygens (including phenoxy) is 1. The Labute approximate surface area is 128 Å². The molecule has 21 heavy (non-hydrogen) atoms. The fourth-order valence-corrected chi connectivity index (χ4v) is 3.11. The maximum absolute atomic E-state index is 14.1. The molecule has 2 rings (SSSR count). The molecule has 3 atom stereocenters. The van der Waals surface area contributed by atoms with E-state index in [0.717, 1.165) is 25.8 Å². The molecule has 1 saturated carbocycles. The van der Waals surface area contributed by atoms with Gasteiger partial charge in [-0.2, -0.15) is 0 Å². The van der Waals surface area contributed by atoms with Crippen LogP contribution < -0.4 is 5.32 Å². The molecule has 1 fully saturated rings. The molecular formula is C18H28FNO. The Hall–Kier alpha value is -0.930. The first kappa shape index (κ1) is 16.4. The van der Waals surface area contributed by atoms with Gasteiger partial charge in [0.05, 0.1) is 12.2 Å². The maximum atomic E-state index is 14.1. The summed E-state index contributed by atoms with van der Waals surface area (Å²) in [5.41, 5.74) is 0.680. The summed E-state index contributed by atoms with van der Waals surface area (Å²) in [5, 5.41) is 3.37. The Bertz CT molecular complexity index is 423. The van der Waals surface area contributed by atoms with Crippen molar-refractivity contribution < 1.29 is 9.13 Å². The number of rotatable bonds is 7. The van der Waals surface area contributed by atoms with Gasteiger partial charge in [0, 0.05) is 12.1 Å². The van der Waals surface area contributed by atoms with Crippen LogP contribution in [0.5, 0.6) is 0 Å². The van der Waals surface area contributed by atoms with Gasteiger partial charge >= 0.3 is 0 Å². The van der Waals surface area contributed by atoms with Crippen LogP contribution in [0, 0.1) is 11.7 Å². The second kappa shape index (κ2) is 8.50. The number of hydrogen-bond acceptors (Lipinski definition) is 2. The Kier molecular flexibility index (Phi) is 6.65. The molecule has 0 spiro atoms. The number of halogens is 1. The minimum atomic E-state index is -0.187. The Morgan fingerprint density at radius 3 is 2.86 bits per heavy atom. The lowest BCUT2D eigenvalue weighted by atomic mass is 9.88. The molecular weight excluding hydrogens is 265 g/mol. The lowest BCUT2D eigenvalue weighted by Crippen LogP contribution is -2.30. The summed E-state index contributed by atoms with van der Waals surface area (Å²) in [6.45, 7) is 6.03. The second-order valence-corrected chi connectivity index (χ2v) is 6.24. The monoisotopic (exact) mass is 293 g/mol. The largest absolute Gasteiger partial charge is 0.369 e. The third-order valence-corrected chi connectivity index (χ3v) is 4.25. The molecule has 0 bridgehead atoms. The highest BCUT2D eigenvalue weighted by molar-refractivity contribution is 5.20. The van der Waals surface area contributed by atoms with E-state index in [0.29, 0.717) is 18.0 Å². The molecule has 0 aliphatic heterocycles. The first-order valence-corrected chi connectivity index (χ1v) is 8.31. The highest BCUT2D eigenvalue weighted by Gasteiger charge is 2.24. The number of hydrogen-bond donors (Lipinski definition) is 1. The molecule has 0 heterocycles. The molecule has 1 aliphatic carbocycles. The Morgan fingerprint density at radius 2 is 2.14 bits per heavy atom. The van der Waals surface area contributed by atoms with E-state index in [-0.39, 0.29) is 18.0 Å². The zero-order valence-electron chi connectivity index (χ0n) is 13.3. The molecule has 3 heteroatoms. The number of nitrogens with one attached hydrogen (secondary N) is 1. The Morgan fingerprint density at radius 1 is 1.33 bits per heavy atom. The first-order chi connectivity index (χ1) is 10.2. The molecule has 2 nitrogen and oxygen atoms in total. The molecule has 0 aromatic heterocycles. The minimum absolute atomic E-state index is 0.162. The smallest absolute Gasteiger partial charge is 0.129 e. The zero-order chi connectivity index (χ0) is 15.1. The van der Waals surface area contributed by atoms with Crippen LogP contribution in [0.3, 0.4) is 0 Å². The van der Waals surface area contributed by atoms with Crippen LogP contribution in [-0.4, -0.2) is 19.2 Å². The second-order valence-electron chi connectivity index (χ2n) is 6.24. The van der Waals surface area contributed by atoms with Crippen molar-refractivity contribution in [3.8, 4) is 0 Å². The molecule has 0 radical (unpaired) electrons. The summed E-state index contributed by atoms with van der Waals surface area (Å²) in [6.07, 6.45) is 5.86. The van der Waals surface area contributed by atoms with E-state index in [1.54, 1.807) is 6.07 Å². The summed E-state index contributed by atoms with van der Waals surface area (Å²) < 4.78 is 20.3. The van der Waals surface area contributed by atoms with E-state index in [9.17, 15) is 4.39 Å². The van der Waals surface area contributed by atoms with Crippen LogP contribution in [0.25, 0.3) is 0 Å². The molecule has 3 unspecified atom stereocenters. The summed E-state index contributed by atoms with van der Waals surface area (Å²) in [4.78, 5) is 0. The molecule has 0 amide bonds. The molecule has 118 valence electrons. The molecule has 1 aromatic carbocycles. The summed E-state index contributed by atoms with van der Waals surface area (Å²) in [6, 6.07) is 6.99. The van der Waals surface area contributed by atoms with Crippen molar-refractivity contribution in [3.63, 3.8) is 0 Å². The van der Waals surface area contributed by atoms with Crippen molar-refractivity contribution in [2.45, 2.75) is 58.2 Å². The van der Waals surface area contributed by atoms with E-state index in [1.807, 2.05) is 12.1 Å². The van der Waals surface area contributed by atoms with Gasteiger partial charge < -0.3 is 10.1 Å². The predicted octanol–water partition coefficient (Wildman–Crippen LogP) is 4.46. The quantitative estimate of drug-likeness (QED) is 0.749. The van der Waals surface area contributed by atoms with Gasteiger partial charge in [0.15, 0.2) is 0 Å². The van der Waals surface area contributed by atoms with E-state index in [4.69, 9.17) is 4.74 Å². The third-order valence-electron chi connectivity index (χ3n) is 4.25. The van der Waals surface area contributed by atoms with Crippen molar-refractivity contribution >= 4 is 0 Å². The van der Waals surface area contributed by atoms with Crippen molar-refractivity contribution in [3.05, 3.63) is 35.6 Å². The van der Waals surface area contributed by atoms with Crippen LogP contribution in [0.1, 0.15) is 57.6 Å². The highest BCUT2D eigenvalue weighted by Crippen LogP contribution is 2.30. The zero-order valence-corrected chi connectivity index (χ0v) is 13.3. The van der Waals surface area contributed by atoms with Crippen molar-refractivity contribution in [1.29, 1.82) is 0 Å². The van der Waals surface area contributed by atoms with E-state index < -0.39 is 0 Å². The first-order valence-electron chi connectivity index (χ1n) is 8.31. The highest BCUT2D eigenvalue weighted by atomic mass is 19.1. The van der Waals surface area contributed by atoms with E-state index in [2.05, 4.69) is 19.2 Å².